The lowest BCUT2D eigenvalue weighted by molar-refractivity contribution is 0.0938. The molecule has 0 aliphatic carbocycles. The van der Waals surface area contributed by atoms with E-state index in [2.05, 4.69) is 19.2 Å². The summed E-state index contributed by atoms with van der Waals surface area (Å²) in [5.41, 5.74) is 1.28. The molecular weight excluding hydrogens is 234 g/mol. The van der Waals surface area contributed by atoms with Crippen LogP contribution < -0.4 is 5.32 Å². The first-order chi connectivity index (χ1) is 8.08. The van der Waals surface area contributed by atoms with Crippen molar-refractivity contribution in [2.24, 2.45) is 0 Å². The van der Waals surface area contributed by atoms with E-state index < -0.39 is 0 Å². The summed E-state index contributed by atoms with van der Waals surface area (Å²) < 4.78 is 0. The smallest absolute Gasteiger partial charge is 0.261 e. The molecule has 17 heavy (non-hydrogen) atoms. The number of rotatable bonds is 6. The van der Waals surface area contributed by atoms with Gasteiger partial charge < -0.3 is 10.4 Å². The minimum absolute atomic E-state index is 0.0181. The van der Waals surface area contributed by atoms with Crippen molar-refractivity contribution in [1.29, 1.82) is 0 Å². The van der Waals surface area contributed by atoms with Gasteiger partial charge in [0.15, 0.2) is 0 Å². The Balaban J connectivity index is 2.66. The van der Waals surface area contributed by atoms with Gasteiger partial charge in [-0.2, -0.15) is 0 Å². The van der Waals surface area contributed by atoms with Crippen molar-refractivity contribution in [1.82, 2.24) is 5.32 Å². The van der Waals surface area contributed by atoms with Gasteiger partial charge in [0, 0.05) is 17.5 Å². The molecule has 0 radical (unpaired) electrons. The fourth-order valence-corrected chi connectivity index (χ4v) is 2.68. The minimum atomic E-state index is -0.0265. The van der Waals surface area contributed by atoms with Crippen LogP contribution in [0.5, 0.6) is 0 Å². The van der Waals surface area contributed by atoms with E-state index in [-0.39, 0.29) is 18.6 Å². The highest BCUT2D eigenvalue weighted by Crippen LogP contribution is 2.22. The topological polar surface area (TPSA) is 49.3 Å². The SMILES string of the molecule is CCCc1cc(C(=O)NC(C)CCO)sc1C. The molecule has 0 spiro atoms. The maximum Gasteiger partial charge on any atom is 0.261 e. The molecule has 1 atom stereocenters. The van der Waals surface area contributed by atoms with Crippen molar-refractivity contribution < 1.29 is 9.90 Å². The number of nitrogens with one attached hydrogen (secondary N) is 1. The molecule has 0 aliphatic heterocycles. The van der Waals surface area contributed by atoms with Crippen molar-refractivity contribution in [2.75, 3.05) is 6.61 Å². The van der Waals surface area contributed by atoms with Gasteiger partial charge in [0.05, 0.1) is 4.88 Å². The average molecular weight is 255 g/mol. The maximum absolute atomic E-state index is 11.9. The number of carbonyl (C=O) groups excluding carboxylic acids is 1. The van der Waals surface area contributed by atoms with Crippen LogP contribution >= 0.6 is 11.3 Å². The largest absolute Gasteiger partial charge is 0.396 e. The van der Waals surface area contributed by atoms with Gasteiger partial charge in [0.25, 0.3) is 5.91 Å². The van der Waals surface area contributed by atoms with E-state index in [1.54, 1.807) is 11.3 Å². The second-order valence-corrected chi connectivity index (χ2v) is 5.59. The van der Waals surface area contributed by atoms with E-state index in [0.717, 1.165) is 17.7 Å². The molecule has 0 fully saturated rings. The lowest BCUT2D eigenvalue weighted by Crippen LogP contribution is -2.32. The zero-order chi connectivity index (χ0) is 12.8. The summed E-state index contributed by atoms with van der Waals surface area (Å²) >= 11 is 1.55. The molecule has 0 saturated carbocycles. The summed E-state index contributed by atoms with van der Waals surface area (Å²) in [6.45, 7) is 6.21. The number of thiophene rings is 1. The van der Waals surface area contributed by atoms with Crippen LogP contribution in [0.15, 0.2) is 6.07 Å². The van der Waals surface area contributed by atoms with Crippen LogP contribution in [0.25, 0.3) is 0 Å². The van der Waals surface area contributed by atoms with Crippen molar-refractivity contribution >= 4 is 17.2 Å². The quantitative estimate of drug-likeness (QED) is 0.820. The highest BCUT2D eigenvalue weighted by Gasteiger charge is 2.13. The zero-order valence-corrected chi connectivity index (χ0v) is 11.6. The number of amides is 1. The van der Waals surface area contributed by atoms with Crippen LogP contribution in [0.1, 0.15) is 46.8 Å². The van der Waals surface area contributed by atoms with Crippen LogP contribution in [0.3, 0.4) is 0 Å². The van der Waals surface area contributed by atoms with Crippen LogP contribution in [0, 0.1) is 6.92 Å². The molecule has 1 amide bonds. The molecular formula is C13H21NO2S. The molecule has 1 unspecified atom stereocenters. The molecule has 0 aromatic carbocycles. The Morgan fingerprint density at radius 1 is 1.59 bits per heavy atom. The normalized spacial score (nSPS) is 12.5. The van der Waals surface area contributed by atoms with Gasteiger partial charge >= 0.3 is 0 Å². The first-order valence-corrected chi connectivity index (χ1v) is 6.91. The average Bonchev–Trinajstić information content (AvgIpc) is 2.61. The van der Waals surface area contributed by atoms with Gasteiger partial charge in [0.1, 0.15) is 0 Å². The monoisotopic (exact) mass is 255 g/mol. The predicted octanol–water partition coefficient (Wildman–Crippen LogP) is 2.51. The molecule has 1 aromatic heterocycles. The number of aryl methyl sites for hydroxylation is 2. The minimum Gasteiger partial charge on any atom is -0.396 e. The first-order valence-electron chi connectivity index (χ1n) is 6.09. The summed E-state index contributed by atoms with van der Waals surface area (Å²) in [6.07, 6.45) is 2.72. The molecule has 96 valence electrons. The molecule has 1 rings (SSSR count). The molecule has 1 aromatic rings. The van der Waals surface area contributed by atoms with Gasteiger partial charge in [-0.3, -0.25) is 4.79 Å². The van der Waals surface area contributed by atoms with Gasteiger partial charge in [0.2, 0.25) is 0 Å². The number of aliphatic hydroxyl groups excluding tert-OH is 1. The summed E-state index contributed by atoms with van der Waals surface area (Å²) in [6, 6.07) is 2.01. The fraction of sp³-hybridized carbons (Fsp3) is 0.615. The molecule has 3 nitrogen and oxygen atoms in total. The highest BCUT2D eigenvalue weighted by molar-refractivity contribution is 7.14. The molecule has 1 heterocycles. The predicted molar refractivity (Wildman–Crippen MR) is 71.7 cm³/mol. The zero-order valence-electron chi connectivity index (χ0n) is 10.7. The van der Waals surface area contributed by atoms with Crippen molar-refractivity contribution in [3.63, 3.8) is 0 Å². The van der Waals surface area contributed by atoms with E-state index in [1.165, 1.54) is 10.4 Å². The lowest BCUT2D eigenvalue weighted by atomic mass is 10.1. The van der Waals surface area contributed by atoms with E-state index in [4.69, 9.17) is 5.11 Å². The van der Waals surface area contributed by atoms with Gasteiger partial charge in [-0.25, -0.2) is 0 Å². The standard InChI is InChI=1S/C13H21NO2S/c1-4-5-11-8-12(17-10(11)3)13(16)14-9(2)6-7-15/h8-9,15H,4-7H2,1-3H3,(H,14,16). The Morgan fingerprint density at radius 2 is 2.29 bits per heavy atom. The molecule has 0 bridgehead atoms. The number of aliphatic hydroxyl groups is 1. The third-order valence-electron chi connectivity index (χ3n) is 2.70. The Hall–Kier alpha value is -0.870. The Morgan fingerprint density at radius 3 is 2.88 bits per heavy atom. The molecule has 2 N–H and O–H groups in total. The second-order valence-electron chi connectivity index (χ2n) is 4.33. The van der Waals surface area contributed by atoms with Crippen molar-refractivity contribution in [2.45, 2.75) is 46.1 Å². The summed E-state index contributed by atoms with van der Waals surface area (Å²) in [5.74, 6) is -0.0265. The van der Waals surface area contributed by atoms with E-state index >= 15 is 0 Å². The fourth-order valence-electron chi connectivity index (χ4n) is 1.71. The highest BCUT2D eigenvalue weighted by atomic mass is 32.1. The first kappa shape index (κ1) is 14.2. The number of hydrogen-bond acceptors (Lipinski definition) is 3. The van der Waals surface area contributed by atoms with Crippen LogP contribution in [-0.2, 0) is 6.42 Å². The van der Waals surface area contributed by atoms with Gasteiger partial charge in [-0.1, -0.05) is 13.3 Å². The third kappa shape index (κ3) is 4.13. The molecule has 0 aliphatic rings. The summed E-state index contributed by atoms with van der Waals surface area (Å²) in [7, 11) is 0. The van der Waals surface area contributed by atoms with Gasteiger partial charge in [-0.15, -0.1) is 11.3 Å². The maximum atomic E-state index is 11.9. The Bertz CT molecular complexity index is 373. The van der Waals surface area contributed by atoms with Crippen LogP contribution in [0.2, 0.25) is 0 Å². The summed E-state index contributed by atoms with van der Waals surface area (Å²) in [4.78, 5) is 13.9. The van der Waals surface area contributed by atoms with E-state index in [9.17, 15) is 4.79 Å². The van der Waals surface area contributed by atoms with E-state index in [0.29, 0.717) is 6.42 Å². The van der Waals surface area contributed by atoms with E-state index in [1.807, 2.05) is 13.0 Å². The number of hydrogen-bond donors (Lipinski definition) is 2. The Kier molecular flexibility index (Phi) is 5.65. The number of carbonyl (C=O) groups is 1. The summed E-state index contributed by atoms with van der Waals surface area (Å²) in [5, 5.41) is 11.7. The van der Waals surface area contributed by atoms with Crippen molar-refractivity contribution in [3.8, 4) is 0 Å². The second kappa shape index (κ2) is 6.77. The lowest BCUT2D eigenvalue weighted by Gasteiger charge is -2.10. The van der Waals surface area contributed by atoms with Crippen LogP contribution in [0.4, 0.5) is 0 Å². The molecule has 4 heteroatoms. The van der Waals surface area contributed by atoms with Gasteiger partial charge in [-0.05, 0) is 38.3 Å². The van der Waals surface area contributed by atoms with Crippen LogP contribution in [-0.4, -0.2) is 23.7 Å². The van der Waals surface area contributed by atoms with Crippen molar-refractivity contribution in [3.05, 3.63) is 21.4 Å². The third-order valence-corrected chi connectivity index (χ3v) is 3.79. The Labute approximate surface area is 107 Å². The molecule has 0 saturated heterocycles.